The Bertz CT molecular complexity index is 960. The van der Waals surface area contributed by atoms with Gasteiger partial charge in [-0.25, -0.2) is 0 Å². The minimum Gasteiger partial charge on any atom is -0.439 e. The highest BCUT2D eigenvalue weighted by molar-refractivity contribution is 6.31. The van der Waals surface area contributed by atoms with Gasteiger partial charge in [0, 0.05) is 11.2 Å². The van der Waals surface area contributed by atoms with Gasteiger partial charge in [0.05, 0.1) is 16.8 Å². The third-order valence-electron chi connectivity index (χ3n) is 3.37. The Morgan fingerprint density at radius 1 is 1.14 bits per heavy atom. The lowest BCUT2D eigenvalue weighted by atomic mass is 10.1. The minimum absolute atomic E-state index is 0.155. The molecule has 3 aromatic rings. The molecule has 21 heavy (non-hydrogen) atoms. The molecule has 0 aliphatic carbocycles. The van der Waals surface area contributed by atoms with Crippen molar-refractivity contribution < 1.29 is 4.42 Å². The van der Waals surface area contributed by atoms with E-state index in [1.807, 2.05) is 24.3 Å². The van der Waals surface area contributed by atoms with Gasteiger partial charge in [0.2, 0.25) is 11.3 Å². The number of nitrogens with zero attached hydrogens (tertiary/aromatic N) is 1. The number of halogens is 1. The molecule has 1 aliphatic heterocycles. The zero-order valence-corrected chi connectivity index (χ0v) is 11.5. The minimum atomic E-state index is -0.155. The number of nitrogens with one attached hydrogen (secondary N) is 1. The van der Waals surface area contributed by atoms with E-state index < -0.39 is 0 Å². The normalized spacial score (nSPS) is 12.4. The maximum Gasteiger partial charge on any atom is 0.210 e. The van der Waals surface area contributed by atoms with Crippen LogP contribution < -0.4 is 10.7 Å². The lowest BCUT2D eigenvalue weighted by Crippen LogP contribution is -2.11. The third kappa shape index (κ3) is 1.92. The molecule has 0 bridgehead atoms. The molecule has 4 nitrogen and oxygen atoms in total. The molecular weight excluding hydrogens is 288 g/mol. The number of para-hydroxylation sites is 2. The molecule has 1 aromatic heterocycles. The van der Waals surface area contributed by atoms with Gasteiger partial charge in [0.1, 0.15) is 11.1 Å². The first-order valence-corrected chi connectivity index (χ1v) is 6.77. The quantitative estimate of drug-likeness (QED) is 0.527. The number of hydrogen-bond acceptors (Lipinski definition) is 4. The van der Waals surface area contributed by atoms with E-state index >= 15 is 0 Å². The molecule has 1 aliphatic rings. The van der Waals surface area contributed by atoms with Crippen molar-refractivity contribution in [2.45, 2.75) is 0 Å². The maximum absolute atomic E-state index is 12.6. The standard InChI is InChI=1S/C16H9ClN2O2/c17-9-5-6-14-10(7-9)15(20)11-8-18-12-3-1-2-4-13(12)19-16(11)21-14/h1-8,19H. The molecule has 0 spiro atoms. The number of rotatable bonds is 0. The zero-order chi connectivity index (χ0) is 14.4. The van der Waals surface area contributed by atoms with Gasteiger partial charge in [-0.05, 0) is 30.3 Å². The second-order valence-corrected chi connectivity index (χ2v) is 5.15. The molecule has 0 saturated carbocycles. The van der Waals surface area contributed by atoms with Crippen molar-refractivity contribution in [1.82, 2.24) is 0 Å². The van der Waals surface area contributed by atoms with E-state index in [9.17, 15) is 4.79 Å². The number of fused-ring (bicyclic) bond motifs is 3. The SMILES string of the molecule is O=c1c2c(oc3ccc(Cl)cc13)Nc1ccccc1N=C2. The van der Waals surface area contributed by atoms with Crippen LogP contribution in [0, 0.1) is 0 Å². The maximum atomic E-state index is 12.6. The van der Waals surface area contributed by atoms with Gasteiger partial charge >= 0.3 is 0 Å². The van der Waals surface area contributed by atoms with E-state index in [-0.39, 0.29) is 5.43 Å². The molecule has 0 amide bonds. The highest BCUT2D eigenvalue weighted by Crippen LogP contribution is 2.32. The van der Waals surface area contributed by atoms with Crippen LogP contribution in [0.3, 0.4) is 0 Å². The summed E-state index contributed by atoms with van der Waals surface area (Å²) in [5.74, 6) is 0.392. The van der Waals surface area contributed by atoms with Gasteiger partial charge in [-0.15, -0.1) is 0 Å². The summed E-state index contributed by atoms with van der Waals surface area (Å²) >= 11 is 5.95. The fraction of sp³-hybridized carbons (Fsp3) is 0. The Kier molecular flexibility index (Phi) is 2.59. The molecule has 0 unspecified atom stereocenters. The van der Waals surface area contributed by atoms with Crippen molar-refractivity contribution in [1.29, 1.82) is 0 Å². The lowest BCUT2D eigenvalue weighted by Gasteiger charge is -2.08. The van der Waals surface area contributed by atoms with E-state index in [4.69, 9.17) is 16.0 Å². The summed E-state index contributed by atoms with van der Waals surface area (Å²) in [4.78, 5) is 16.9. The second kappa shape index (κ2) is 4.46. The van der Waals surface area contributed by atoms with Crippen LogP contribution in [0.5, 0.6) is 0 Å². The number of benzene rings is 2. The predicted molar refractivity (Wildman–Crippen MR) is 84.5 cm³/mol. The Morgan fingerprint density at radius 3 is 2.90 bits per heavy atom. The predicted octanol–water partition coefficient (Wildman–Crippen LogP) is 4.25. The molecule has 1 N–H and O–H groups in total. The van der Waals surface area contributed by atoms with Crippen LogP contribution in [0.1, 0.15) is 5.56 Å². The second-order valence-electron chi connectivity index (χ2n) is 4.71. The van der Waals surface area contributed by atoms with Crippen LogP contribution in [0.4, 0.5) is 17.3 Å². The Morgan fingerprint density at radius 2 is 2.00 bits per heavy atom. The number of hydrogen-bond donors (Lipinski definition) is 1. The van der Waals surface area contributed by atoms with Crippen LogP contribution in [-0.4, -0.2) is 6.21 Å². The topological polar surface area (TPSA) is 54.6 Å². The van der Waals surface area contributed by atoms with Crippen LogP contribution >= 0.6 is 11.6 Å². The largest absolute Gasteiger partial charge is 0.439 e. The summed E-state index contributed by atoms with van der Waals surface area (Å²) in [5, 5.41) is 4.07. The number of anilines is 2. The van der Waals surface area contributed by atoms with Gasteiger partial charge in [-0.1, -0.05) is 23.7 Å². The van der Waals surface area contributed by atoms with Crippen LogP contribution in [0.2, 0.25) is 5.02 Å². The summed E-state index contributed by atoms with van der Waals surface area (Å²) < 4.78 is 5.80. The fourth-order valence-electron chi connectivity index (χ4n) is 2.34. The first-order chi connectivity index (χ1) is 10.2. The molecule has 0 fully saturated rings. The van der Waals surface area contributed by atoms with E-state index in [1.165, 1.54) is 6.21 Å². The Labute approximate surface area is 124 Å². The van der Waals surface area contributed by atoms with Gasteiger partial charge in [-0.2, -0.15) is 0 Å². The van der Waals surface area contributed by atoms with Crippen molar-refractivity contribution in [3.8, 4) is 0 Å². The lowest BCUT2D eigenvalue weighted by molar-refractivity contribution is 0.621. The number of aliphatic imine (C=N–C) groups is 1. The average molecular weight is 297 g/mol. The summed E-state index contributed by atoms with van der Waals surface area (Å²) in [6.07, 6.45) is 1.53. The van der Waals surface area contributed by atoms with Crippen molar-refractivity contribution in [3.63, 3.8) is 0 Å². The average Bonchev–Trinajstić information content (AvgIpc) is 2.67. The summed E-state index contributed by atoms with van der Waals surface area (Å²) in [6, 6.07) is 12.5. The summed E-state index contributed by atoms with van der Waals surface area (Å²) in [6.45, 7) is 0. The first-order valence-electron chi connectivity index (χ1n) is 6.39. The van der Waals surface area contributed by atoms with Crippen molar-refractivity contribution in [3.05, 3.63) is 63.3 Å². The highest BCUT2D eigenvalue weighted by atomic mass is 35.5. The fourth-order valence-corrected chi connectivity index (χ4v) is 2.51. The molecule has 102 valence electrons. The first kappa shape index (κ1) is 12.2. The van der Waals surface area contributed by atoms with E-state index in [2.05, 4.69) is 10.3 Å². The summed E-state index contributed by atoms with van der Waals surface area (Å²) in [7, 11) is 0. The highest BCUT2D eigenvalue weighted by Gasteiger charge is 2.17. The Balaban J connectivity index is 2.04. The molecule has 2 heterocycles. The van der Waals surface area contributed by atoms with Crippen molar-refractivity contribution in [2.24, 2.45) is 4.99 Å². The molecule has 4 rings (SSSR count). The molecule has 2 aromatic carbocycles. The molecule has 0 radical (unpaired) electrons. The van der Waals surface area contributed by atoms with Crippen molar-refractivity contribution in [2.75, 3.05) is 5.32 Å². The monoisotopic (exact) mass is 296 g/mol. The van der Waals surface area contributed by atoms with Gasteiger partial charge < -0.3 is 9.73 Å². The molecule has 5 heteroatoms. The van der Waals surface area contributed by atoms with Gasteiger partial charge in [0.15, 0.2) is 0 Å². The smallest absolute Gasteiger partial charge is 0.210 e. The van der Waals surface area contributed by atoms with Crippen LogP contribution in [-0.2, 0) is 0 Å². The third-order valence-corrected chi connectivity index (χ3v) is 3.61. The molecular formula is C16H9ClN2O2. The van der Waals surface area contributed by atoms with Crippen molar-refractivity contribution >= 4 is 46.0 Å². The van der Waals surface area contributed by atoms with Crippen LogP contribution in [0.25, 0.3) is 11.0 Å². The van der Waals surface area contributed by atoms with Gasteiger partial charge in [0.25, 0.3) is 0 Å². The Hall–Kier alpha value is -2.59. The zero-order valence-electron chi connectivity index (χ0n) is 10.8. The van der Waals surface area contributed by atoms with Gasteiger partial charge in [-0.3, -0.25) is 9.79 Å². The van der Waals surface area contributed by atoms with E-state index in [0.29, 0.717) is 27.4 Å². The van der Waals surface area contributed by atoms with E-state index in [0.717, 1.165) is 11.4 Å². The summed E-state index contributed by atoms with van der Waals surface area (Å²) in [5.41, 5.74) is 2.27. The van der Waals surface area contributed by atoms with E-state index in [1.54, 1.807) is 18.2 Å². The van der Waals surface area contributed by atoms with Crippen LogP contribution in [0.15, 0.2) is 56.7 Å². The molecule has 0 atom stereocenters. The molecule has 0 saturated heterocycles.